The van der Waals surface area contributed by atoms with Crippen LogP contribution in [-0.2, 0) is 4.74 Å². The highest BCUT2D eigenvalue weighted by Gasteiger charge is 2.16. The number of nitrogens with two attached hydrogens (primary N) is 1. The molecule has 162 valence electrons. The van der Waals surface area contributed by atoms with E-state index >= 15 is 0 Å². The summed E-state index contributed by atoms with van der Waals surface area (Å²) in [5.74, 6) is 0.580. The van der Waals surface area contributed by atoms with Crippen LogP contribution in [0.5, 0.6) is 0 Å². The van der Waals surface area contributed by atoms with Crippen molar-refractivity contribution >= 4 is 11.6 Å². The summed E-state index contributed by atoms with van der Waals surface area (Å²) in [5.41, 5.74) is 8.67. The van der Waals surface area contributed by atoms with E-state index in [4.69, 9.17) is 10.5 Å². The molecular weight excluding hydrogens is 364 g/mol. The maximum Gasteiger partial charge on any atom is 0.188 e. The number of morpholine rings is 1. The Morgan fingerprint density at radius 2 is 1.76 bits per heavy atom. The highest BCUT2D eigenvalue weighted by Crippen LogP contribution is 2.17. The SMILES string of the molecule is Cc1cccc(N2CCN(CCCNC(N)=NCCCN3CCOCC3)CC2)c1. The Hall–Kier alpha value is -1.83. The fourth-order valence-corrected chi connectivity index (χ4v) is 3.95. The van der Waals surface area contributed by atoms with Gasteiger partial charge in [-0.15, -0.1) is 0 Å². The van der Waals surface area contributed by atoms with Crippen LogP contribution >= 0.6 is 0 Å². The molecule has 0 unspecified atom stereocenters. The summed E-state index contributed by atoms with van der Waals surface area (Å²) < 4.78 is 5.37. The number of aryl methyl sites for hydroxylation is 1. The Morgan fingerprint density at radius 3 is 2.52 bits per heavy atom. The first-order valence-corrected chi connectivity index (χ1v) is 11.1. The lowest BCUT2D eigenvalue weighted by molar-refractivity contribution is 0.0377. The molecule has 0 saturated carbocycles. The number of anilines is 1. The zero-order valence-corrected chi connectivity index (χ0v) is 18.0. The molecular formula is C22H38N6O. The van der Waals surface area contributed by atoms with Gasteiger partial charge in [-0.05, 0) is 44.0 Å². The number of hydrogen-bond acceptors (Lipinski definition) is 5. The molecule has 2 aliphatic rings. The molecule has 1 aromatic carbocycles. The molecule has 2 saturated heterocycles. The normalized spacial score (nSPS) is 19.5. The lowest BCUT2D eigenvalue weighted by Crippen LogP contribution is -2.47. The number of nitrogens with zero attached hydrogens (tertiary/aromatic N) is 4. The Morgan fingerprint density at radius 1 is 1.03 bits per heavy atom. The quantitative estimate of drug-likeness (QED) is 0.367. The van der Waals surface area contributed by atoms with Gasteiger partial charge < -0.3 is 20.7 Å². The molecule has 2 fully saturated rings. The molecule has 0 amide bonds. The van der Waals surface area contributed by atoms with E-state index in [2.05, 4.69) is 56.2 Å². The minimum absolute atomic E-state index is 0.580. The summed E-state index contributed by atoms with van der Waals surface area (Å²) in [6.45, 7) is 14.3. The van der Waals surface area contributed by atoms with Gasteiger partial charge in [0, 0.05) is 64.6 Å². The van der Waals surface area contributed by atoms with Crippen LogP contribution in [0.15, 0.2) is 29.3 Å². The minimum atomic E-state index is 0.580. The molecule has 0 aromatic heterocycles. The topological polar surface area (TPSA) is 69.4 Å². The van der Waals surface area contributed by atoms with Crippen molar-refractivity contribution in [1.29, 1.82) is 0 Å². The second kappa shape index (κ2) is 12.0. The molecule has 0 atom stereocenters. The predicted molar refractivity (Wildman–Crippen MR) is 121 cm³/mol. The average Bonchev–Trinajstić information content (AvgIpc) is 2.75. The molecule has 0 spiro atoms. The zero-order valence-electron chi connectivity index (χ0n) is 18.0. The van der Waals surface area contributed by atoms with Crippen molar-refractivity contribution < 1.29 is 4.74 Å². The van der Waals surface area contributed by atoms with Crippen molar-refractivity contribution in [3.63, 3.8) is 0 Å². The molecule has 29 heavy (non-hydrogen) atoms. The fourth-order valence-electron chi connectivity index (χ4n) is 3.95. The smallest absolute Gasteiger partial charge is 0.188 e. The third-order valence-electron chi connectivity index (χ3n) is 5.71. The van der Waals surface area contributed by atoms with Crippen LogP contribution in [0, 0.1) is 6.92 Å². The standard InChI is InChI=1S/C22H38N6O/c1-20-5-2-6-21(19-20)28-13-11-26(12-14-28)9-3-7-24-22(23)25-8-4-10-27-15-17-29-18-16-27/h2,5-6,19H,3-4,7-18H2,1H3,(H3,23,24,25). The molecule has 3 rings (SSSR count). The second-order valence-corrected chi connectivity index (χ2v) is 8.02. The van der Waals surface area contributed by atoms with Crippen LogP contribution in [0.2, 0.25) is 0 Å². The highest BCUT2D eigenvalue weighted by atomic mass is 16.5. The highest BCUT2D eigenvalue weighted by molar-refractivity contribution is 5.77. The largest absolute Gasteiger partial charge is 0.379 e. The fraction of sp³-hybridized carbons (Fsp3) is 0.682. The van der Waals surface area contributed by atoms with Crippen LogP contribution in [-0.4, -0.2) is 94.4 Å². The average molecular weight is 403 g/mol. The Bertz CT molecular complexity index is 623. The molecule has 0 radical (unpaired) electrons. The maximum absolute atomic E-state index is 5.99. The van der Waals surface area contributed by atoms with Crippen LogP contribution in [0.4, 0.5) is 5.69 Å². The van der Waals surface area contributed by atoms with E-state index in [1.54, 1.807) is 0 Å². The van der Waals surface area contributed by atoms with Gasteiger partial charge in [0.2, 0.25) is 0 Å². The van der Waals surface area contributed by atoms with Gasteiger partial charge in [-0.3, -0.25) is 14.8 Å². The lowest BCUT2D eigenvalue weighted by Gasteiger charge is -2.36. The number of ether oxygens (including phenoxy) is 1. The third kappa shape index (κ3) is 7.84. The number of aliphatic imine (C=N–C) groups is 1. The second-order valence-electron chi connectivity index (χ2n) is 8.02. The summed E-state index contributed by atoms with van der Waals surface area (Å²) in [6, 6.07) is 8.81. The summed E-state index contributed by atoms with van der Waals surface area (Å²) in [4.78, 5) is 11.9. The van der Waals surface area contributed by atoms with E-state index in [9.17, 15) is 0 Å². The molecule has 7 heteroatoms. The molecule has 0 aliphatic carbocycles. The van der Waals surface area contributed by atoms with Gasteiger partial charge in [0.25, 0.3) is 0 Å². The van der Waals surface area contributed by atoms with E-state index in [0.29, 0.717) is 5.96 Å². The van der Waals surface area contributed by atoms with Gasteiger partial charge in [0.05, 0.1) is 13.2 Å². The number of nitrogens with one attached hydrogen (secondary N) is 1. The predicted octanol–water partition coefficient (Wildman–Crippen LogP) is 1.13. The minimum Gasteiger partial charge on any atom is -0.379 e. The van der Waals surface area contributed by atoms with Crippen molar-refractivity contribution in [2.75, 3.05) is 83.6 Å². The first-order chi connectivity index (χ1) is 14.2. The summed E-state index contributed by atoms with van der Waals surface area (Å²) >= 11 is 0. The number of rotatable bonds is 9. The molecule has 2 aliphatic heterocycles. The van der Waals surface area contributed by atoms with Gasteiger partial charge in [0.1, 0.15) is 0 Å². The first kappa shape index (κ1) is 21.9. The molecule has 1 aromatic rings. The van der Waals surface area contributed by atoms with Crippen molar-refractivity contribution in [3.05, 3.63) is 29.8 Å². The van der Waals surface area contributed by atoms with Crippen molar-refractivity contribution in [1.82, 2.24) is 15.1 Å². The Labute approximate surface area is 175 Å². The van der Waals surface area contributed by atoms with Crippen molar-refractivity contribution in [2.45, 2.75) is 19.8 Å². The van der Waals surface area contributed by atoms with Gasteiger partial charge in [-0.2, -0.15) is 0 Å². The zero-order chi connectivity index (χ0) is 20.3. The van der Waals surface area contributed by atoms with Gasteiger partial charge in [0.15, 0.2) is 5.96 Å². The number of guanidine groups is 1. The van der Waals surface area contributed by atoms with Crippen LogP contribution in [0.1, 0.15) is 18.4 Å². The number of piperazine rings is 1. The lowest BCUT2D eigenvalue weighted by atomic mass is 10.2. The Kier molecular flexibility index (Phi) is 9.05. The molecule has 2 heterocycles. The van der Waals surface area contributed by atoms with E-state index in [1.807, 2.05) is 0 Å². The van der Waals surface area contributed by atoms with E-state index in [0.717, 1.165) is 91.5 Å². The molecule has 0 bridgehead atoms. The van der Waals surface area contributed by atoms with Gasteiger partial charge >= 0.3 is 0 Å². The first-order valence-electron chi connectivity index (χ1n) is 11.1. The number of hydrogen-bond donors (Lipinski definition) is 2. The van der Waals surface area contributed by atoms with Gasteiger partial charge in [-0.25, -0.2) is 0 Å². The van der Waals surface area contributed by atoms with Crippen LogP contribution in [0.25, 0.3) is 0 Å². The van der Waals surface area contributed by atoms with Crippen molar-refractivity contribution in [2.24, 2.45) is 10.7 Å². The molecule has 3 N–H and O–H groups in total. The van der Waals surface area contributed by atoms with Crippen molar-refractivity contribution in [3.8, 4) is 0 Å². The van der Waals surface area contributed by atoms with E-state index in [1.165, 1.54) is 11.3 Å². The maximum atomic E-state index is 5.99. The summed E-state index contributed by atoms with van der Waals surface area (Å²) in [6.07, 6.45) is 2.14. The molecule has 7 nitrogen and oxygen atoms in total. The van der Waals surface area contributed by atoms with E-state index < -0.39 is 0 Å². The Balaban J connectivity index is 1.22. The monoisotopic (exact) mass is 402 g/mol. The number of benzene rings is 1. The van der Waals surface area contributed by atoms with Gasteiger partial charge in [-0.1, -0.05) is 12.1 Å². The third-order valence-corrected chi connectivity index (χ3v) is 5.71. The van der Waals surface area contributed by atoms with E-state index in [-0.39, 0.29) is 0 Å². The summed E-state index contributed by atoms with van der Waals surface area (Å²) in [7, 11) is 0. The summed E-state index contributed by atoms with van der Waals surface area (Å²) in [5, 5.41) is 3.26. The van der Waals surface area contributed by atoms with Crippen LogP contribution < -0.4 is 16.0 Å². The van der Waals surface area contributed by atoms with Crippen LogP contribution in [0.3, 0.4) is 0 Å².